The molecule has 49 heavy (non-hydrogen) atoms. The molecule has 10 nitrogen and oxygen atoms in total. The number of fused-ring (bicyclic) bond motifs is 1. The molecule has 1 unspecified atom stereocenters. The zero-order chi connectivity index (χ0) is 34.9. The number of nitrogens with zero attached hydrogens (tertiary/aromatic N) is 3. The van der Waals surface area contributed by atoms with Crippen LogP contribution in [0.4, 0.5) is 5.69 Å². The standard InChI is InChI=1S/C37H46Cl2N4O6/c1-36(2,3)41-16-18-43(19-17-41)37(42-14-6-7-15-42,49-26-12-10-24(11-13-26)35(46)47)33(44)21-25-20-30(39)31(22-29(25)38)40-34(45)28-23-48-32-9-5-4-8-27(28)32/h4-5,8-9,20,22-24,26H,6-7,10-19,21H2,1-3H3,(H,40,45)(H,46,47)/t24-,26-,37?. The SMILES string of the molecule is CC(C)(C)N1CCN(C(O[C@H]2CC[C@H](C(=O)O)CC2)(C(=O)Cc2cc(Cl)c(NC(=O)c3coc4ccccc34)cc2Cl)N2CCCC2)CC1. The summed E-state index contributed by atoms with van der Waals surface area (Å²) >= 11 is 13.6. The van der Waals surface area contributed by atoms with Crippen LogP contribution in [0.2, 0.25) is 10.0 Å². The van der Waals surface area contributed by atoms with Crippen molar-refractivity contribution in [3.63, 3.8) is 0 Å². The number of hydrogen-bond donors (Lipinski definition) is 2. The van der Waals surface area contributed by atoms with Gasteiger partial charge < -0.3 is 19.6 Å². The molecule has 3 fully saturated rings. The summed E-state index contributed by atoms with van der Waals surface area (Å²) in [5.74, 6) is -3.01. The van der Waals surface area contributed by atoms with Gasteiger partial charge in [0.2, 0.25) is 5.85 Å². The van der Waals surface area contributed by atoms with Gasteiger partial charge in [-0.05, 0) is 83.1 Å². The number of piperazine rings is 1. The number of ketones is 1. The first-order chi connectivity index (χ1) is 23.4. The third-order valence-electron chi connectivity index (χ3n) is 10.4. The summed E-state index contributed by atoms with van der Waals surface area (Å²) < 4.78 is 12.6. The predicted molar refractivity (Wildman–Crippen MR) is 190 cm³/mol. The number of rotatable bonds is 10. The lowest BCUT2D eigenvalue weighted by Crippen LogP contribution is -2.71. The first-order valence-electron chi connectivity index (χ1n) is 17.3. The fraction of sp³-hybridized carbons (Fsp3) is 0.541. The Balaban J connectivity index is 1.28. The summed E-state index contributed by atoms with van der Waals surface area (Å²) in [6.45, 7) is 10.9. The van der Waals surface area contributed by atoms with Crippen LogP contribution >= 0.6 is 23.2 Å². The van der Waals surface area contributed by atoms with E-state index >= 15 is 0 Å². The maximum absolute atomic E-state index is 15.0. The molecule has 0 spiro atoms. The molecule has 1 atom stereocenters. The van der Waals surface area contributed by atoms with E-state index < -0.39 is 11.8 Å². The quantitative estimate of drug-likeness (QED) is 0.231. The van der Waals surface area contributed by atoms with Crippen molar-refractivity contribution in [2.75, 3.05) is 44.6 Å². The van der Waals surface area contributed by atoms with Crippen LogP contribution in [0.5, 0.6) is 0 Å². The number of carboxylic acids is 1. The van der Waals surface area contributed by atoms with Crippen LogP contribution in [0.25, 0.3) is 11.0 Å². The van der Waals surface area contributed by atoms with Gasteiger partial charge in [0, 0.05) is 61.6 Å². The summed E-state index contributed by atoms with van der Waals surface area (Å²) in [5.41, 5.74) is 1.84. The lowest BCUT2D eigenvalue weighted by Gasteiger charge is -2.53. The highest BCUT2D eigenvalue weighted by Crippen LogP contribution is 2.38. The zero-order valence-electron chi connectivity index (χ0n) is 28.5. The average molecular weight is 714 g/mol. The van der Waals surface area contributed by atoms with Crippen LogP contribution in [0.15, 0.2) is 47.1 Å². The van der Waals surface area contributed by atoms with Crippen molar-refractivity contribution in [2.45, 2.75) is 83.2 Å². The van der Waals surface area contributed by atoms with Gasteiger partial charge in [-0.1, -0.05) is 41.4 Å². The Morgan fingerprint density at radius 1 is 0.898 bits per heavy atom. The van der Waals surface area contributed by atoms with E-state index in [9.17, 15) is 19.5 Å². The summed E-state index contributed by atoms with van der Waals surface area (Å²) in [5, 5.41) is 13.7. The maximum Gasteiger partial charge on any atom is 0.306 e. The normalized spacial score (nSPS) is 22.6. The van der Waals surface area contributed by atoms with Crippen LogP contribution in [0.1, 0.15) is 75.2 Å². The van der Waals surface area contributed by atoms with Gasteiger partial charge in [0.1, 0.15) is 11.8 Å². The monoisotopic (exact) mass is 712 g/mol. The molecule has 2 saturated heterocycles. The Labute approximate surface area is 297 Å². The second-order valence-electron chi connectivity index (χ2n) is 14.5. The Bertz CT molecular complexity index is 1680. The van der Waals surface area contributed by atoms with E-state index in [1.54, 1.807) is 18.2 Å². The number of nitrogens with one attached hydrogen (secondary N) is 1. The van der Waals surface area contributed by atoms with Crippen LogP contribution < -0.4 is 5.32 Å². The van der Waals surface area contributed by atoms with E-state index in [2.05, 4.69) is 40.8 Å². The van der Waals surface area contributed by atoms with Crippen molar-refractivity contribution in [3.05, 3.63) is 63.8 Å². The second-order valence-corrected chi connectivity index (χ2v) is 15.3. The number of carbonyl (C=O) groups excluding carboxylic acids is 2. The number of ether oxygens (including phenoxy) is 1. The minimum absolute atomic E-state index is 0.00533. The number of carboxylic acid groups (broad SMARTS) is 1. The van der Waals surface area contributed by atoms with E-state index in [1.807, 2.05) is 18.2 Å². The molecular weight excluding hydrogens is 667 g/mol. The molecule has 0 bridgehead atoms. The molecule has 1 aromatic heterocycles. The minimum atomic E-state index is -1.33. The fourth-order valence-corrected chi connectivity index (χ4v) is 8.04. The van der Waals surface area contributed by atoms with E-state index in [4.69, 9.17) is 32.4 Å². The molecule has 1 amide bonds. The van der Waals surface area contributed by atoms with E-state index in [1.165, 1.54) is 6.26 Å². The van der Waals surface area contributed by atoms with Crippen LogP contribution in [-0.2, 0) is 20.7 Å². The number of Topliss-reactive ketones (excluding diaryl/α,β-unsaturated/α-hetero) is 1. The van der Waals surface area contributed by atoms with Gasteiger partial charge in [-0.2, -0.15) is 0 Å². The number of likely N-dealkylation sites (tertiary alicyclic amines) is 1. The van der Waals surface area contributed by atoms with Crippen molar-refractivity contribution in [1.29, 1.82) is 0 Å². The lowest BCUT2D eigenvalue weighted by molar-refractivity contribution is -0.261. The summed E-state index contributed by atoms with van der Waals surface area (Å²) in [4.78, 5) is 46.7. The first-order valence-corrected chi connectivity index (χ1v) is 18.1. The van der Waals surface area contributed by atoms with Gasteiger partial charge in [0.25, 0.3) is 5.91 Å². The molecule has 2 aromatic carbocycles. The third kappa shape index (κ3) is 7.55. The summed E-state index contributed by atoms with van der Waals surface area (Å²) in [7, 11) is 0. The highest BCUT2D eigenvalue weighted by Gasteiger charge is 2.53. The first kappa shape index (κ1) is 35.8. The Morgan fingerprint density at radius 2 is 1.53 bits per heavy atom. The number of halogens is 2. The zero-order valence-corrected chi connectivity index (χ0v) is 30.0. The van der Waals surface area contributed by atoms with Crippen molar-refractivity contribution in [3.8, 4) is 0 Å². The summed E-state index contributed by atoms with van der Waals surface area (Å²) in [6.07, 6.45) is 5.24. The topological polar surface area (TPSA) is 116 Å². The number of furan rings is 1. The molecule has 2 aliphatic heterocycles. The molecule has 3 heterocycles. The number of anilines is 1. The molecule has 0 radical (unpaired) electrons. The smallest absolute Gasteiger partial charge is 0.306 e. The lowest BCUT2D eigenvalue weighted by atomic mass is 9.87. The van der Waals surface area contributed by atoms with E-state index in [0.717, 1.165) is 39.0 Å². The van der Waals surface area contributed by atoms with Gasteiger partial charge in [0.05, 0.1) is 28.3 Å². The number of amides is 1. The Morgan fingerprint density at radius 3 is 2.18 bits per heavy atom. The van der Waals surface area contributed by atoms with Gasteiger partial charge in [-0.15, -0.1) is 0 Å². The number of benzene rings is 2. The average Bonchev–Trinajstić information content (AvgIpc) is 3.77. The Kier molecular flexibility index (Phi) is 10.7. The molecule has 3 aliphatic rings. The number of carbonyl (C=O) groups is 3. The van der Waals surface area contributed by atoms with Crippen LogP contribution in [-0.4, -0.2) is 94.2 Å². The number of hydrogen-bond acceptors (Lipinski definition) is 8. The fourth-order valence-electron chi connectivity index (χ4n) is 7.58. The van der Waals surface area contributed by atoms with E-state index in [-0.39, 0.29) is 40.7 Å². The molecule has 3 aromatic rings. The predicted octanol–water partition coefficient (Wildman–Crippen LogP) is 6.93. The molecule has 264 valence electrons. The largest absolute Gasteiger partial charge is 0.481 e. The van der Waals surface area contributed by atoms with Gasteiger partial charge in [0.15, 0.2) is 5.78 Å². The van der Waals surface area contributed by atoms with Gasteiger partial charge in [-0.25, -0.2) is 0 Å². The van der Waals surface area contributed by atoms with Crippen molar-refractivity contribution < 1.29 is 28.6 Å². The molecule has 12 heteroatoms. The van der Waals surface area contributed by atoms with Crippen molar-refractivity contribution in [1.82, 2.24) is 14.7 Å². The summed E-state index contributed by atoms with van der Waals surface area (Å²) in [6, 6.07) is 10.5. The highest BCUT2D eigenvalue weighted by atomic mass is 35.5. The van der Waals surface area contributed by atoms with Gasteiger partial charge >= 0.3 is 5.97 Å². The molecule has 6 rings (SSSR count). The highest BCUT2D eigenvalue weighted by molar-refractivity contribution is 6.36. The second kappa shape index (κ2) is 14.7. The van der Waals surface area contributed by atoms with Crippen molar-refractivity contribution >= 4 is 57.5 Å². The van der Waals surface area contributed by atoms with Gasteiger partial charge in [-0.3, -0.25) is 29.1 Å². The Hall–Kier alpha value is -2.99. The van der Waals surface area contributed by atoms with E-state index in [0.29, 0.717) is 71.6 Å². The number of aliphatic carboxylic acids is 1. The number of para-hydroxylation sites is 1. The minimum Gasteiger partial charge on any atom is -0.481 e. The molecule has 1 saturated carbocycles. The molecule has 1 aliphatic carbocycles. The van der Waals surface area contributed by atoms with Crippen LogP contribution in [0.3, 0.4) is 0 Å². The van der Waals surface area contributed by atoms with Crippen LogP contribution in [0, 0.1) is 5.92 Å². The third-order valence-corrected chi connectivity index (χ3v) is 11.0. The maximum atomic E-state index is 15.0. The molecule has 2 N–H and O–H groups in total. The van der Waals surface area contributed by atoms with Crippen molar-refractivity contribution in [2.24, 2.45) is 5.92 Å². The molecular formula is C37H46Cl2N4O6.